The second kappa shape index (κ2) is 8.00. The Labute approximate surface area is 149 Å². The predicted octanol–water partition coefficient (Wildman–Crippen LogP) is 3.04. The molecule has 0 aromatic heterocycles. The molecular formula is C20H27NO4. The van der Waals surface area contributed by atoms with E-state index in [1.54, 1.807) is 0 Å². The minimum atomic E-state index is -0.729. The minimum absolute atomic E-state index is 0.0307. The van der Waals surface area contributed by atoms with Crippen LogP contribution in [-0.4, -0.2) is 41.6 Å². The molecule has 1 unspecified atom stereocenters. The van der Waals surface area contributed by atoms with E-state index in [1.807, 2.05) is 4.90 Å². The molecule has 2 aliphatic rings. The van der Waals surface area contributed by atoms with Crippen molar-refractivity contribution in [1.82, 2.24) is 4.90 Å². The van der Waals surface area contributed by atoms with Crippen LogP contribution < -0.4 is 0 Å². The van der Waals surface area contributed by atoms with Gasteiger partial charge in [-0.1, -0.05) is 31.2 Å². The molecule has 0 spiro atoms. The van der Waals surface area contributed by atoms with E-state index in [0.717, 1.165) is 12.0 Å². The average Bonchev–Trinajstić information content (AvgIpc) is 2.67. The highest BCUT2D eigenvalue weighted by Crippen LogP contribution is 2.32. The number of carbonyl (C=O) groups excluding carboxylic acids is 1. The van der Waals surface area contributed by atoms with Crippen LogP contribution >= 0.6 is 0 Å². The standard InChI is InChI=1S/C20H27NO4/c1-2-14-3-5-15(6-4-14)18-13-21(11-12-25-18)19(22)16-7-9-17(10-8-16)20(23)24/h3-6,16-18H,2,7-13H2,1H3,(H,23,24). The smallest absolute Gasteiger partial charge is 0.306 e. The molecule has 1 heterocycles. The van der Waals surface area contributed by atoms with Gasteiger partial charge in [-0.15, -0.1) is 0 Å². The molecule has 2 fully saturated rings. The van der Waals surface area contributed by atoms with Gasteiger partial charge in [0.05, 0.1) is 19.1 Å². The molecule has 1 saturated carbocycles. The Morgan fingerprint density at radius 2 is 1.76 bits per heavy atom. The molecule has 5 nitrogen and oxygen atoms in total. The van der Waals surface area contributed by atoms with E-state index in [2.05, 4.69) is 31.2 Å². The van der Waals surface area contributed by atoms with Crippen molar-refractivity contribution in [3.63, 3.8) is 0 Å². The van der Waals surface area contributed by atoms with Gasteiger partial charge in [0.15, 0.2) is 0 Å². The second-order valence-electron chi connectivity index (χ2n) is 7.13. The van der Waals surface area contributed by atoms with E-state index in [9.17, 15) is 9.59 Å². The summed E-state index contributed by atoms with van der Waals surface area (Å²) in [5.41, 5.74) is 2.41. The molecule has 1 aromatic rings. The first kappa shape index (κ1) is 17.9. The van der Waals surface area contributed by atoms with E-state index < -0.39 is 5.97 Å². The summed E-state index contributed by atoms with van der Waals surface area (Å²) < 4.78 is 5.88. The third kappa shape index (κ3) is 4.21. The number of morpholine rings is 1. The summed E-state index contributed by atoms with van der Waals surface area (Å²) >= 11 is 0. The van der Waals surface area contributed by atoms with Gasteiger partial charge in [0.25, 0.3) is 0 Å². The molecule has 1 aliphatic carbocycles. The van der Waals surface area contributed by atoms with Gasteiger partial charge in [0.2, 0.25) is 5.91 Å². The highest BCUT2D eigenvalue weighted by molar-refractivity contribution is 5.79. The van der Waals surface area contributed by atoms with Crippen LogP contribution in [0.3, 0.4) is 0 Å². The van der Waals surface area contributed by atoms with Crippen LogP contribution in [0.5, 0.6) is 0 Å². The molecule has 1 N–H and O–H groups in total. The number of ether oxygens (including phenoxy) is 1. The molecule has 1 aliphatic heterocycles. The Balaban J connectivity index is 1.59. The van der Waals surface area contributed by atoms with Crippen molar-refractivity contribution in [3.05, 3.63) is 35.4 Å². The number of hydrogen-bond acceptors (Lipinski definition) is 3. The number of benzene rings is 1. The molecule has 1 atom stereocenters. The molecule has 0 radical (unpaired) electrons. The third-order valence-electron chi connectivity index (χ3n) is 5.56. The van der Waals surface area contributed by atoms with Gasteiger partial charge in [0.1, 0.15) is 6.10 Å². The summed E-state index contributed by atoms with van der Waals surface area (Å²) in [5.74, 6) is -0.870. The van der Waals surface area contributed by atoms with Crippen molar-refractivity contribution in [3.8, 4) is 0 Å². The Bertz CT molecular complexity index is 605. The summed E-state index contributed by atoms with van der Waals surface area (Å²) in [7, 11) is 0. The Morgan fingerprint density at radius 1 is 1.12 bits per heavy atom. The summed E-state index contributed by atoms with van der Waals surface area (Å²) in [4.78, 5) is 25.8. The molecule has 1 amide bonds. The van der Waals surface area contributed by atoms with Crippen molar-refractivity contribution >= 4 is 11.9 Å². The van der Waals surface area contributed by atoms with E-state index in [1.165, 1.54) is 5.56 Å². The number of carboxylic acid groups (broad SMARTS) is 1. The number of aliphatic carboxylic acids is 1. The fourth-order valence-electron chi connectivity index (χ4n) is 3.86. The van der Waals surface area contributed by atoms with Crippen molar-refractivity contribution < 1.29 is 19.4 Å². The lowest BCUT2D eigenvalue weighted by atomic mass is 9.81. The molecule has 1 aromatic carbocycles. The first-order valence-corrected chi connectivity index (χ1v) is 9.30. The number of rotatable bonds is 4. The van der Waals surface area contributed by atoms with E-state index in [4.69, 9.17) is 9.84 Å². The topological polar surface area (TPSA) is 66.8 Å². The van der Waals surface area contributed by atoms with E-state index >= 15 is 0 Å². The Morgan fingerprint density at radius 3 is 2.36 bits per heavy atom. The van der Waals surface area contributed by atoms with Crippen molar-refractivity contribution in [2.75, 3.05) is 19.7 Å². The molecule has 0 bridgehead atoms. The normalized spacial score (nSPS) is 27.1. The van der Waals surface area contributed by atoms with Crippen LogP contribution in [0, 0.1) is 11.8 Å². The quantitative estimate of drug-likeness (QED) is 0.911. The Kier molecular flexibility index (Phi) is 5.74. The number of aryl methyl sites for hydroxylation is 1. The lowest BCUT2D eigenvalue weighted by Gasteiger charge is -2.36. The van der Waals surface area contributed by atoms with Crippen LogP contribution in [0.4, 0.5) is 0 Å². The first-order chi connectivity index (χ1) is 12.1. The molecule has 25 heavy (non-hydrogen) atoms. The maximum absolute atomic E-state index is 12.8. The fourth-order valence-corrected chi connectivity index (χ4v) is 3.86. The number of nitrogens with zero attached hydrogens (tertiary/aromatic N) is 1. The van der Waals surface area contributed by atoms with Gasteiger partial charge >= 0.3 is 5.97 Å². The van der Waals surface area contributed by atoms with E-state index in [0.29, 0.717) is 45.4 Å². The minimum Gasteiger partial charge on any atom is -0.481 e. The maximum Gasteiger partial charge on any atom is 0.306 e. The molecular weight excluding hydrogens is 318 g/mol. The molecule has 136 valence electrons. The van der Waals surface area contributed by atoms with Gasteiger partial charge in [-0.3, -0.25) is 9.59 Å². The zero-order valence-corrected chi connectivity index (χ0v) is 14.8. The number of carboxylic acids is 1. The zero-order valence-electron chi connectivity index (χ0n) is 14.8. The van der Waals surface area contributed by atoms with Crippen LogP contribution in [0.2, 0.25) is 0 Å². The van der Waals surface area contributed by atoms with Gasteiger partial charge in [0, 0.05) is 12.5 Å². The maximum atomic E-state index is 12.8. The van der Waals surface area contributed by atoms with Gasteiger partial charge in [-0.2, -0.15) is 0 Å². The molecule has 3 rings (SSSR count). The summed E-state index contributed by atoms with van der Waals surface area (Å²) in [5, 5.41) is 9.10. The van der Waals surface area contributed by atoms with E-state index in [-0.39, 0.29) is 23.8 Å². The fraction of sp³-hybridized carbons (Fsp3) is 0.600. The van der Waals surface area contributed by atoms with Crippen LogP contribution in [0.1, 0.15) is 49.8 Å². The van der Waals surface area contributed by atoms with Gasteiger partial charge in [-0.25, -0.2) is 0 Å². The second-order valence-corrected chi connectivity index (χ2v) is 7.13. The van der Waals surface area contributed by atoms with Gasteiger partial charge in [-0.05, 0) is 43.2 Å². The third-order valence-corrected chi connectivity index (χ3v) is 5.56. The monoisotopic (exact) mass is 345 g/mol. The number of hydrogen-bond donors (Lipinski definition) is 1. The SMILES string of the molecule is CCc1ccc(C2CN(C(=O)C3CCC(C(=O)O)CC3)CCO2)cc1. The highest BCUT2D eigenvalue weighted by atomic mass is 16.5. The Hall–Kier alpha value is -1.88. The lowest BCUT2D eigenvalue weighted by molar-refractivity contribution is -0.148. The van der Waals surface area contributed by atoms with Crippen molar-refractivity contribution in [2.24, 2.45) is 11.8 Å². The lowest BCUT2D eigenvalue weighted by Crippen LogP contribution is -2.45. The molecule has 1 saturated heterocycles. The van der Waals surface area contributed by atoms with Crippen molar-refractivity contribution in [1.29, 1.82) is 0 Å². The molecule has 5 heteroatoms. The number of carbonyl (C=O) groups is 2. The summed E-state index contributed by atoms with van der Waals surface area (Å²) in [6, 6.07) is 8.42. The number of amides is 1. The average molecular weight is 345 g/mol. The van der Waals surface area contributed by atoms with Crippen LogP contribution in [0.25, 0.3) is 0 Å². The largest absolute Gasteiger partial charge is 0.481 e. The highest BCUT2D eigenvalue weighted by Gasteiger charge is 2.34. The van der Waals surface area contributed by atoms with Crippen LogP contribution in [0.15, 0.2) is 24.3 Å². The predicted molar refractivity (Wildman–Crippen MR) is 94.2 cm³/mol. The summed E-state index contributed by atoms with van der Waals surface area (Å²) in [6.45, 7) is 3.90. The van der Waals surface area contributed by atoms with Gasteiger partial charge < -0.3 is 14.7 Å². The summed E-state index contributed by atoms with van der Waals surface area (Å²) in [6.07, 6.45) is 3.52. The van der Waals surface area contributed by atoms with Crippen LogP contribution in [-0.2, 0) is 20.7 Å². The van der Waals surface area contributed by atoms with Crippen molar-refractivity contribution in [2.45, 2.75) is 45.1 Å². The zero-order chi connectivity index (χ0) is 17.8. The first-order valence-electron chi connectivity index (χ1n) is 9.30.